The molecule has 18 heavy (non-hydrogen) atoms. The Morgan fingerprint density at radius 1 is 1.33 bits per heavy atom. The van der Waals surface area contributed by atoms with Crippen LogP contribution in [-0.2, 0) is 9.53 Å². The van der Waals surface area contributed by atoms with E-state index in [4.69, 9.17) is 4.74 Å². The van der Waals surface area contributed by atoms with E-state index in [-0.39, 0.29) is 12.0 Å². The first-order chi connectivity index (χ1) is 8.58. The van der Waals surface area contributed by atoms with Crippen LogP contribution in [0.4, 0.5) is 0 Å². The smallest absolute Gasteiger partial charge is 0.322 e. The van der Waals surface area contributed by atoms with Gasteiger partial charge in [-0.3, -0.25) is 4.79 Å². The lowest BCUT2D eigenvalue weighted by atomic mass is 10.1. The molecule has 0 amide bonds. The van der Waals surface area contributed by atoms with Gasteiger partial charge in [-0.25, -0.2) is 0 Å². The number of ether oxygens (including phenoxy) is 1. The van der Waals surface area contributed by atoms with Crippen molar-refractivity contribution in [3.63, 3.8) is 0 Å². The lowest BCUT2D eigenvalue weighted by Crippen LogP contribution is -2.41. The highest BCUT2D eigenvalue weighted by molar-refractivity contribution is 5.75. The normalized spacial score (nSPS) is 14.6. The highest BCUT2D eigenvalue weighted by atomic mass is 16.5. The number of nitrogens with one attached hydrogen (secondary N) is 1. The number of carbonyl (C=O) groups excluding carboxylic acids is 1. The first-order valence-corrected chi connectivity index (χ1v) is 7.12. The third-order valence-electron chi connectivity index (χ3n) is 3.38. The molecule has 0 aliphatic heterocycles. The maximum absolute atomic E-state index is 11.6. The summed E-state index contributed by atoms with van der Waals surface area (Å²) in [5.41, 5.74) is 0. The van der Waals surface area contributed by atoms with Crippen LogP contribution < -0.4 is 5.32 Å². The molecule has 4 heteroatoms. The molecule has 0 aliphatic carbocycles. The van der Waals surface area contributed by atoms with Crippen LogP contribution >= 0.6 is 0 Å². The van der Waals surface area contributed by atoms with Crippen LogP contribution in [0, 0.1) is 5.92 Å². The highest BCUT2D eigenvalue weighted by Gasteiger charge is 2.19. The molecule has 0 saturated carbocycles. The van der Waals surface area contributed by atoms with Gasteiger partial charge in [0.05, 0.1) is 7.11 Å². The molecule has 2 atom stereocenters. The maximum Gasteiger partial charge on any atom is 0.322 e. The fourth-order valence-corrected chi connectivity index (χ4v) is 1.95. The van der Waals surface area contributed by atoms with Gasteiger partial charge < -0.3 is 15.0 Å². The SMILES string of the molecule is CCNC(CCN(CC)CC(C)CC)C(=O)OC. The van der Waals surface area contributed by atoms with Crippen LogP contribution in [0.2, 0.25) is 0 Å². The minimum atomic E-state index is -0.175. The minimum Gasteiger partial charge on any atom is -0.468 e. The summed E-state index contributed by atoms with van der Waals surface area (Å²) in [6.45, 7) is 12.5. The summed E-state index contributed by atoms with van der Waals surface area (Å²) in [6.07, 6.45) is 2.01. The van der Waals surface area contributed by atoms with Crippen LogP contribution in [-0.4, -0.2) is 50.2 Å². The zero-order valence-electron chi connectivity index (χ0n) is 12.7. The van der Waals surface area contributed by atoms with E-state index in [0.29, 0.717) is 5.92 Å². The number of esters is 1. The van der Waals surface area contributed by atoms with Gasteiger partial charge in [-0.15, -0.1) is 0 Å². The zero-order valence-corrected chi connectivity index (χ0v) is 12.7. The first kappa shape index (κ1) is 17.4. The van der Waals surface area contributed by atoms with Gasteiger partial charge in [0.15, 0.2) is 0 Å². The molecular formula is C14H30N2O2. The molecule has 0 heterocycles. The van der Waals surface area contributed by atoms with Gasteiger partial charge in [-0.2, -0.15) is 0 Å². The Hall–Kier alpha value is -0.610. The Morgan fingerprint density at radius 3 is 2.44 bits per heavy atom. The van der Waals surface area contributed by atoms with Crippen molar-refractivity contribution in [2.45, 2.75) is 46.6 Å². The molecule has 0 radical (unpaired) electrons. The van der Waals surface area contributed by atoms with Crippen LogP contribution in [0.1, 0.15) is 40.5 Å². The average Bonchev–Trinajstić information content (AvgIpc) is 2.40. The second-order valence-electron chi connectivity index (χ2n) is 4.83. The number of rotatable bonds is 10. The summed E-state index contributed by atoms with van der Waals surface area (Å²) in [5.74, 6) is 0.553. The molecule has 0 fully saturated rings. The Labute approximate surface area is 112 Å². The van der Waals surface area contributed by atoms with Crippen molar-refractivity contribution in [3.05, 3.63) is 0 Å². The van der Waals surface area contributed by atoms with E-state index in [1.165, 1.54) is 13.5 Å². The summed E-state index contributed by atoms with van der Waals surface area (Å²) in [6, 6.07) is -0.175. The molecule has 4 nitrogen and oxygen atoms in total. The Morgan fingerprint density at radius 2 is 2.00 bits per heavy atom. The number of methoxy groups -OCH3 is 1. The standard InChI is InChI=1S/C14H30N2O2/c1-6-12(4)11-16(8-3)10-9-13(15-7-2)14(17)18-5/h12-13,15H,6-11H2,1-5H3. The fraction of sp³-hybridized carbons (Fsp3) is 0.929. The summed E-state index contributed by atoms with van der Waals surface area (Å²) in [5, 5.41) is 3.18. The predicted octanol–water partition coefficient (Wildman–Crippen LogP) is 1.90. The number of hydrogen-bond acceptors (Lipinski definition) is 4. The molecule has 0 aliphatic rings. The van der Waals surface area contributed by atoms with Crippen molar-refractivity contribution in [1.82, 2.24) is 10.2 Å². The van der Waals surface area contributed by atoms with Gasteiger partial charge in [-0.05, 0) is 25.4 Å². The molecule has 1 N–H and O–H groups in total. The van der Waals surface area contributed by atoms with Crippen LogP contribution in [0.15, 0.2) is 0 Å². The lowest BCUT2D eigenvalue weighted by Gasteiger charge is -2.25. The van der Waals surface area contributed by atoms with E-state index in [1.54, 1.807) is 0 Å². The molecule has 108 valence electrons. The monoisotopic (exact) mass is 258 g/mol. The average molecular weight is 258 g/mol. The van der Waals surface area contributed by atoms with Crippen molar-refractivity contribution in [3.8, 4) is 0 Å². The Bertz CT molecular complexity index is 222. The minimum absolute atomic E-state index is 0.156. The summed E-state index contributed by atoms with van der Waals surface area (Å²) >= 11 is 0. The second-order valence-corrected chi connectivity index (χ2v) is 4.83. The molecule has 0 aromatic carbocycles. The van der Waals surface area contributed by atoms with Crippen molar-refractivity contribution in [2.75, 3.05) is 33.3 Å². The van der Waals surface area contributed by atoms with Gasteiger partial charge in [0.2, 0.25) is 0 Å². The van der Waals surface area contributed by atoms with Gasteiger partial charge in [-0.1, -0.05) is 34.1 Å². The topological polar surface area (TPSA) is 41.6 Å². The molecule has 0 aromatic heterocycles. The van der Waals surface area contributed by atoms with Crippen molar-refractivity contribution in [2.24, 2.45) is 5.92 Å². The molecule has 0 bridgehead atoms. The third-order valence-corrected chi connectivity index (χ3v) is 3.38. The van der Waals surface area contributed by atoms with E-state index in [1.807, 2.05) is 6.92 Å². The van der Waals surface area contributed by atoms with E-state index in [0.717, 1.165) is 32.6 Å². The van der Waals surface area contributed by atoms with E-state index < -0.39 is 0 Å². The maximum atomic E-state index is 11.6. The van der Waals surface area contributed by atoms with Gasteiger partial charge in [0, 0.05) is 13.1 Å². The number of nitrogens with zero attached hydrogens (tertiary/aromatic N) is 1. The largest absolute Gasteiger partial charge is 0.468 e. The molecule has 2 unspecified atom stereocenters. The van der Waals surface area contributed by atoms with Gasteiger partial charge >= 0.3 is 5.97 Å². The van der Waals surface area contributed by atoms with Crippen molar-refractivity contribution >= 4 is 5.97 Å². The molecule has 0 saturated heterocycles. The molecule has 0 spiro atoms. The Balaban J connectivity index is 4.16. The van der Waals surface area contributed by atoms with Crippen LogP contribution in [0.25, 0.3) is 0 Å². The first-order valence-electron chi connectivity index (χ1n) is 7.12. The van der Waals surface area contributed by atoms with E-state index in [2.05, 4.69) is 31.0 Å². The predicted molar refractivity (Wildman–Crippen MR) is 75.7 cm³/mol. The zero-order chi connectivity index (χ0) is 14.0. The summed E-state index contributed by atoms with van der Waals surface area (Å²) in [4.78, 5) is 14.0. The molecule has 0 aromatic rings. The second kappa shape index (κ2) is 10.3. The number of likely N-dealkylation sites (N-methyl/N-ethyl adjacent to an activating group) is 1. The fourth-order valence-electron chi connectivity index (χ4n) is 1.95. The summed E-state index contributed by atoms with van der Waals surface area (Å²) in [7, 11) is 1.45. The number of hydrogen-bond donors (Lipinski definition) is 1. The van der Waals surface area contributed by atoms with Crippen molar-refractivity contribution in [1.29, 1.82) is 0 Å². The third kappa shape index (κ3) is 6.97. The van der Waals surface area contributed by atoms with Crippen LogP contribution in [0.5, 0.6) is 0 Å². The van der Waals surface area contributed by atoms with Gasteiger partial charge in [0.25, 0.3) is 0 Å². The lowest BCUT2D eigenvalue weighted by molar-refractivity contribution is -0.143. The van der Waals surface area contributed by atoms with Gasteiger partial charge in [0.1, 0.15) is 6.04 Å². The molecular weight excluding hydrogens is 228 g/mol. The Kier molecular flexibility index (Phi) is 9.98. The van der Waals surface area contributed by atoms with E-state index >= 15 is 0 Å². The summed E-state index contributed by atoms with van der Waals surface area (Å²) < 4.78 is 4.81. The highest BCUT2D eigenvalue weighted by Crippen LogP contribution is 2.06. The van der Waals surface area contributed by atoms with Crippen molar-refractivity contribution < 1.29 is 9.53 Å². The number of carbonyl (C=O) groups is 1. The molecule has 0 rings (SSSR count). The van der Waals surface area contributed by atoms with E-state index in [9.17, 15) is 4.79 Å². The van der Waals surface area contributed by atoms with Crippen LogP contribution in [0.3, 0.4) is 0 Å². The quantitative estimate of drug-likeness (QED) is 0.608.